The summed E-state index contributed by atoms with van der Waals surface area (Å²) in [6.45, 7) is 1.97. The Morgan fingerprint density at radius 1 is 1.92 bits per heavy atom. The molecule has 1 heterocycles. The van der Waals surface area contributed by atoms with Crippen molar-refractivity contribution in [2.24, 2.45) is 0 Å². The number of rotatable bonds is 2. The summed E-state index contributed by atoms with van der Waals surface area (Å²) in [7, 11) is 0. The second-order valence-corrected chi connectivity index (χ2v) is 2.93. The molecule has 12 heavy (non-hydrogen) atoms. The maximum atomic E-state index is 10.8. The monoisotopic (exact) mass is 180 g/mol. The van der Waals surface area contributed by atoms with Gasteiger partial charge in [0.1, 0.15) is 5.00 Å². The maximum absolute atomic E-state index is 10.8. The van der Waals surface area contributed by atoms with Gasteiger partial charge in [-0.05, 0) is 12.3 Å². The van der Waals surface area contributed by atoms with Gasteiger partial charge in [0.15, 0.2) is 0 Å². The lowest BCUT2D eigenvalue weighted by molar-refractivity contribution is -0.111. The summed E-state index contributed by atoms with van der Waals surface area (Å²) in [5.74, 6) is 1.56. The molecule has 0 aliphatic heterocycles. The van der Waals surface area contributed by atoms with E-state index in [1.165, 1.54) is 11.3 Å². The lowest BCUT2D eigenvalue weighted by atomic mass is 10.3. The quantitative estimate of drug-likeness (QED) is 0.696. The number of nitrogens with one attached hydrogen (secondary N) is 1. The Labute approximate surface area is 74.8 Å². The summed E-state index contributed by atoms with van der Waals surface area (Å²) in [5, 5.41) is 3.32. The fraction of sp³-hybridized carbons (Fsp3) is 0.250. The SMILES string of the molecule is C#CC(=O)Nc1scnc1CC. The molecule has 3 nitrogen and oxygen atoms in total. The molecule has 0 saturated carbocycles. The van der Waals surface area contributed by atoms with Crippen molar-refractivity contribution in [2.45, 2.75) is 13.3 Å². The van der Waals surface area contributed by atoms with Crippen molar-refractivity contribution in [1.82, 2.24) is 4.98 Å². The van der Waals surface area contributed by atoms with Crippen LogP contribution in [0.3, 0.4) is 0 Å². The minimum Gasteiger partial charge on any atom is -0.305 e. The average Bonchev–Trinajstić information content (AvgIpc) is 2.51. The Morgan fingerprint density at radius 3 is 3.25 bits per heavy atom. The highest BCUT2D eigenvalue weighted by Gasteiger charge is 2.05. The summed E-state index contributed by atoms with van der Waals surface area (Å²) in [5.41, 5.74) is 2.56. The third-order valence-corrected chi connectivity index (χ3v) is 2.12. The molecule has 1 aromatic heterocycles. The molecule has 0 radical (unpaired) electrons. The number of anilines is 1. The standard InChI is InChI=1S/C8H8N2OS/c1-3-6-8(12-5-9-6)10-7(11)4-2/h2,5H,3H2,1H3,(H,10,11). The van der Waals surface area contributed by atoms with Crippen molar-refractivity contribution in [3.8, 4) is 12.3 Å². The van der Waals surface area contributed by atoms with Gasteiger partial charge in [-0.2, -0.15) is 0 Å². The number of terminal acetylenes is 1. The molecule has 1 amide bonds. The number of aryl methyl sites for hydroxylation is 1. The van der Waals surface area contributed by atoms with Gasteiger partial charge >= 0.3 is 5.91 Å². The van der Waals surface area contributed by atoms with Crippen LogP contribution in [0, 0.1) is 12.3 Å². The zero-order valence-electron chi connectivity index (χ0n) is 6.63. The Hall–Kier alpha value is -1.34. The Bertz CT molecular complexity index is 324. The van der Waals surface area contributed by atoms with Crippen LogP contribution in [0.5, 0.6) is 0 Å². The molecule has 0 aromatic carbocycles. The zero-order valence-corrected chi connectivity index (χ0v) is 7.44. The molecule has 62 valence electrons. The van der Waals surface area contributed by atoms with E-state index in [1.807, 2.05) is 12.8 Å². The summed E-state index contributed by atoms with van der Waals surface area (Å²) in [6, 6.07) is 0. The Morgan fingerprint density at radius 2 is 2.67 bits per heavy atom. The molecule has 0 saturated heterocycles. The molecule has 4 heteroatoms. The Kier molecular flexibility index (Phi) is 2.83. The highest BCUT2D eigenvalue weighted by Crippen LogP contribution is 2.19. The molecule has 0 unspecified atom stereocenters. The van der Waals surface area contributed by atoms with E-state index in [0.29, 0.717) is 0 Å². The first-order chi connectivity index (χ1) is 5.77. The van der Waals surface area contributed by atoms with Crippen LogP contribution in [-0.4, -0.2) is 10.9 Å². The second-order valence-electron chi connectivity index (χ2n) is 2.08. The van der Waals surface area contributed by atoms with Crippen LogP contribution in [0.25, 0.3) is 0 Å². The highest BCUT2D eigenvalue weighted by atomic mass is 32.1. The van der Waals surface area contributed by atoms with Crippen molar-refractivity contribution in [1.29, 1.82) is 0 Å². The van der Waals surface area contributed by atoms with Crippen LogP contribution in [0.1, 0.15) is 12.6 Å². The van der Waals surface area contributed by atoms with Crippen LogP contribution >= 0.6 is 11.3 Å². The number of carbonyl (C=O) groups excluding carboxylic acids is 1. The average molecular weight is 180 g/mol. The minimum atomic E-state index is -0.422. The van der Waals surface area contributed by atoms with Crippen LogP contribution in [0.2, 0.25) is 0 Å². The fourth-order valence-corrected chi connectivity index (χ4v) is 1.53. The van der Waals surface area contributed by atoms with E-state index >= 15 is 0 Å². The lowest BCUT2D eigenvalue weighted by Crippen LogP contribution is -2.08. The van der Waals surface area contributed by atoms with Crippen LogP contribution < -0.4 is 5.32 Å². The van der Waals surface area contributed by atoms with E-state index < -0.39 is 5.91 Å². The summed E-state index contributed by atoms with van der Waals surface area (Å²) in [6.07, 6.45) is 5.70. The number of aromatic nitrogens is 1. The van der Waals surface area contributed by atoms with Crippen molar-refractivity contribution in [3.05, 3.63) is 11.2 Å². The molecule has 0 aliphatic rings. The van der Waals surface area contributed by atoms with Crippen molar-refractivity contribution >= 4 is 22.2 Å². The predicted molar refractivity (Wildman–Crippen MR) is 49.0 cm³/mol. The topological polar surface area (TPSA) is 42.0 Å². The molecule has 1 N–H and O–H groups in total. The minimum absolute atomic E-state index is 0.422. The van der Waals surface area contributed by atoms with Crippen molar-refractivity contribution in [3.63, 3.8) is 0 Å². The van der Waals surface area contributed by atoms with Gasteiger partial charge in [0.25, 0.3) is 0 Å². The van der Waals surface area contributed by atoms with Gasteiger partial charge in [-0.1, -0.05) is 6.92 Å². The van der Waals surface area contributed by atoms with E-state index in [2.05, 4.69) is 10.3 Å². The van der Waals surface area contributed by atoms with Crippen molar-refractivity contribution < 1.29 is 4.79 Å². The van der Waals surface area contributed by atoms with Gasteiger partial charge in [-0.25, -0.2) is 4.98 Å². The molecule has 0 atom stereocenters. The first-order valence-electron chi connectivity index (χ1n) is 3.48. The number of amides is 1. The molecule has 0 bridgehead atoms. The first-order valence-corrected chi connectivity index (χ1v) is 4.35. The van der Waals surface area contributed by atoms with Gasteiger partial charge in [-0.15, -0.1) is 17.8 Å². The van der Waals surface area contributed by atoms with E-state index in [0.717, 1.165) is 17.1 Å². The molecule has 1 aromatic rings. The number of hydrogen-bond acceptors (Lipinski definition) is 3. The third-order valence-electron chi connectivity index (χ3n) is 1.33. The van der Waals surface area contributed by atoms with Gasteiger partial charge < -0.3 is 5.32 Å². The van der Waals surface area contributed by atoms with E-state index in [4.69, 9.17) is 6.42 Å². The van der Waals surface area contributed by atoms with Gasteiger partial charge in [-0.3, -0.25) is 4.79 Å². The molecule has 0 aliphatic carbocycles. The number of nitrogens with zero attached hydrogens (tertiary/aromatic N) is 1. The first kappa shape index (κ1) is 8.75. The number of hydrogen-bond donors (Lipinski definition) is 1. The lowest BCUT2D eigenvalue weighted by Gasteiger charge is -1.97. The molecule has 0 spiro atoms. The largest absolute Gasteiger partial charge is 0.305 e. The third kappa shape index (κ3) is 1.83. The second kappa shape index (κ2) is 3.88. The normalized spacial score (nSPS) is 9.00. The van der Waals surface area contributed by atoms with Crippen LogP contribution in [0.4, 0.5) is 5.00 Å². The number of thiazole rings is 1. The summed E-state index contributed by atoms with van der Waals surface area (Å²) >= 11 is 1.38. The van der Waals surface area contributed by atoms with Crippen LogP contribution in [-0.2, 0) is 11.2 Å². The van der Waals surface area contributed by atoms with E-state index in [9.17, 15) is 4.79 Å². The molecular formula is C8H8N2OS. The van der Waals surface area contributed by atoms with Gasteiger partial charge in [0, 0.05) is 0 Å². The van der Waals surface area contributed by atoms with Crippen molar-refractivity contribution in [2.75, 3.05) is 5.32 Å². The van der Waals surface area contributed by atoms with E-state index in [-0.39, 0.29) is 0 Å². The van der Waals surface area contributed by atoms with Gasteiger partial charge in [0.05, 0.1) is 11.2 Å². The van der Waals surface area contributed by atoms with Gasteiger partial charge in [0.2, 0.25) is 0 Å². The molecule has 0 fully saturated rings. The smallest absolute Gasteiger partial charge is 0.300 e. The zero-order chi connectivity index (χ0) is 8.97. The fourth-order valence-electron chi connectivity index (χ4n) is 0.762. The highest BCUT2D eigenvalue weighted by molar-refractivity contribution is 7.14. The predicted octanol–water partition coefficient (Wildman–Crippen LogP) is 1.28. The van der Waals surface area contributed by atoms with E-state index in [1.54, 1.807) is 5.51 Å². The number of carbonyl (C=O) groups is 1. The summed E-state index contributed by atoms with van der Waals surface area (Å²) < 4.78 is 0. The van der Waals surface area contributed by atoms with Crippen LogP contribution in [0.15, 0.2) is 5.51 Å². The summed E-state index contributed by atoms with van der Waals surface area (Å²) in [4.78, 5) is 14.8. The Balaban J connectivity index is 2.76. The maximum Gasteiger partial charge on any atom is 0.300 e. The molecule has 1 rings (SSSR count). The molecular weight excluding hydrogens is 172 g/mol.